The molecule has 1 aliphatic carbocycles. The number of halogens is 1. The van der Waals surface area contributed by atoms with Crippen molar-refractivity contribution in [2.24, 2.45) is 11.3 Å². The molecule has 0 spiro atoms. The van der Waals surface area contributed by atoms with Gasteiger partial charge in [-0.2, -0.15) is 0 Å². The normalized spacial score (nSPS) is 21.3. The molecule has 1 aliphatic rings. The first kappa shape index (κ1) is 14.6. The highest BCUT2D eigenvalue weighted by Gasteiger charge is 2.45. The second-order valence-corrected chi connectivity index (χ2v) is 7.69. The molecule has 2 rings (SSSR count). The molecular formula is C15H24ClN3. The van der Waals surface area contributed by atoms with Crippen molar-refractivity contribution in [2.75, 3.05) is 11.9 Å². The van der Waals surface area contributed by atoms with Gasteiger partial charge in [0.25, 0.3) is 0 Å². The van der Waals surface area contributed by atoms with E-state index in [0.29, 0.717) is 10.6 Å². The molecule has 1 atom stereocenters. The molecule has 0 aliphatic heterocycles. The van der Waals surface area contributed by atoms with E-state index in [9.17, 15) is 0 Å². The van der Waals surface area contributed by atoms with Crippen LogP contribution >= 0.6 is 11.6 Å². The van der Waals surface area contributed by atoms with Gasteiger partial charge < -0.3 is 5.32 Å². The maximum absolute atomic E-state index is 6.22. The Morgan fingerprint density at radius 3 is 2.37 bits per heavy atom. The van der Waals surface area contributed by atoms with E-state index < -0.39 is 0 Å². The predicted octanol–water partition coefficient (Wildman–Crippen LogP) is 4.19. The largest absolute Gasteiger partial charge is 0.369 e. The van der Waals surface area contributed by atoms with Crippen LogP contribution in [0.4, 0.5) is 5.82 Å². The lowest BCUT2D eigenvalue weighted by atomic mass is 9.95. The number of nitrogens with one attached hydrogen (secondary N) is 1. The van der Waals surface area contributed by atoms with Gasteiger partial charge in [0.2, 0.25) is 0 Å². The molecule has 3 nitrogen and oxygen atoms in total. The summed E-state index contributed by atoms with van der Waals surface area (Å²) in [5.74, 6) is 2.41. The highest BCUT2D eigenvalue weighted by molar-refractivity contribution is 6.30. The van der Waals surface area contributed by atoms with Crippen LogP contribution in [0.15, 0.2) is 0 Å². The molecule has 106 valence electrons. The van der Waals surface area contributed by atoms with Crippen LogP contribution in [0.3, 0.4) is 0 Å². The van der Waals surface area contributed by atoms with Gasteiger partial charge in [0.1, 0.15) is 16.8 Å². The van der Waals surface area contributed by atoms with Gasteiger partial charge >= 0.3 is 0 Å². The van der Waals surface area contributed by atoms with Gasteiger partial charge in [0.05, 0.1) is 0 Å². The summed E-state index contributed by atoms with van der Waals surface area (Å²) < 4.78 is 0. The Bertz CT molecular complexity index is 489. The van der Waals surface area contributed by atoms with E-state index in [-0.39, 0.29) is 5.41 Å². The van der Waals surface area contributed by atoms with Crippen molar-refractivity contribution in [2.45, 2.75) is 53.4 Å². The lowest BCUT2D eigenvalue weighted by Gasteiger charge is -2.19. The minimum atomic E-state index is -0.0907. The molecule has 0 aromatic carbocycles. The Hall–Kier alpha value is -0.830. The predicted molar refractivity (Wildman–Crippen MR) is 80.9 cm³/mol. The van der Waals surface area contributed by atoms with Crippen molar-refractivity contribution >= 4 is 17.4 Å². The number of anilines is 1. The number of aromatic nitrogens is 2. The van der Waals surface area contributed by atoms with Crippen molar-refractivity contribution in [1.82, 2.24) is 9.97 Å². The smallest absolute Gasteiger partial charge is 0.137 e. The van der Waals surface area contributed by atoms with Gasteiger partial charge in [-0.1, -0.05) is 46.2 Å². The van der Waals surface area contributed by atoms with E-state index in [0.717, 1.165) is 29.7 Å². The standard InChI is InChI=1S/C15H24ClN3/c1-9-11(16)18-13(14(2,3)4)19-12(9)17-8-10-7-15(10,5)6/h10H,7-8H2,1-6H3,(H,17,18,19). The molecule has 0 bridgehead atoms. The van der Waals surface area contributed by atoms with Crippen molar-refractivity contribution in [3.05, 3.63) is 16.5 Å². The number of hydrogen-bond acceptors (Lipinski definition) is 3. The third-order valence-electron chi connectivity index (χ3n) is 3.99. The molecule has 1 saturated carbocycles. The summed E-state index contributed by atoms with van der Waals surface area (Å²) in [6, 6.07) is 0. The topological polar surface area (TPSA) is 37.8 Å². The molecule has 19 heavy (non-hydrogen) atoms. The van der Waals surface area contributed by atoms with E-state index in [1.807, 2.05) is 6.92 Å². The Morgan fingerprint density at radius 1 is 1.32 bits per heavy atom. The summed E-state index contributed by atoms with van der Waals surface area (Å²) in [5, 5.41) is 4.00. The molecule has 0 radical (unpaired) electrons. The van der Waals surface area contributed by atoms with E-state index in [1.54, 1.807) is 0 Å². The van der Waals surface area contributed by atoms with Crippen LogP contribution in [-0.2, 0) is 5.41 Å². The Morgan fingerprint density at radius 2 is 1.89 bits per heavy atom. The highest BCUT2D eigenvalue weighted by Crippen LogP contribution is 2.51. The van der Waals surface area contributed by atoms with Crippen molar-refractivity contribution in [3.63, 3.8) is 0 Å². The quantitative estimate of drug-likeness (QED) is 0.844. The summed E-state index contributed by atoms with van der Waals surface area (Å²) in [5.41, 5.74) is 1.32. The number of hydrogen-bond donors (Lipinski definition) is 1. The van der Waals surface area contributed by atoms with Gasteiger partial charge in [-0.3, -0.25) is 0 Å². The average Bonchev–Trinajstić information content (AvgIpc) is 2.87. The van der Waals surface area contributed by atoms with Crippen LogP contribution in [-0.4, -0.2) is 16.5 Å². The number of nitrogens with zero attached hydrogens (tertiary/aromatic N) is 2. The fourth-order valence-corrected chi connectivity index (χ4v) is 2.31. The maximum atomic E-state index is 6.22. The van der Waals surface area contributed by atoms with Crippen LogP contribution in [0.1, 0.15) is 52.4 Å². The monoisotopic (exact) mass is 281 g/mol. The summed E-state index contributed by atoms with van der Waals surface area (Å²) in [6.07, 6.45) is 1.28. The summed E-state index contributed by atoms with van der Waals surface area (Å²) in [4.78, 5) is 9.04. The van der Waals surface area contributed by atoms with Crippen LogP contribution in [0.5, 0.6) is 0 Å². The van der Waals surface area contributed by atoms with E-state index in [2.05, 4.69) is 49.9 Å². The van der Waals surface area contributed by atoms with E-state index in [1.165, 1.54) is 6.42 Å². The molecule has 0 amide bonds. The zero-order valence-corrected chi connectivity index (χ0v) is 13.5. The van der Waals surface area contributed by atoms with E-state index >= 15 is 0 Å². The number of rotatable bonds is 3. The van der Waals surface area contributed by atoms with Gasteiger partial charge in [-0.05, 0) is 24.7 Å². The SMILES string of the molecule is Cc1c(Cl)nc(C(C)(C)C)nc1NCC1CC1(C)C. The Labute approximate surface area is 121 Å². The van der Waals surface area contributed by atoms with Gasteiger partial charge in [-0.15, -0.1) is 0 Å². The molecule has 0 saturated heterocycles. The third kappa shape index (κ3) is 3.19. The second-order valence-electron chi connectivity index (χ2n) is 7.33. The fraction of sp³-hybridized carbons (Fsp3) is 0.733. The Kier molecular flexibility index (Phi) is 3.54. The van der Waals surface area contributed by atoms with Crippen LogP contribution in [0.2, 0.25) is 5.15 Å². The minimum Gasteiger partial charge on any atom is -0.369 e. The van der Waals surface area contributed by atoms with Crippen molar-refractivity contribution < 1.29 is 0 Å². The third-order valence-corrected chi connectivity index (χ3v) is 4.36. The van der Waals surface area contributed by atoms with Crippen molar-refractivity contribution in [3.8, 4) is 0 Å². The lowest BCUT2D eigenvalue weighted by molar-refractivity contribution is 0.544. The van der Waals surface area contributed by atoms with Gasteiger partial charge in [0, 0.05) is 17.5 Å². The molecule has 1 fully saturated rings. The highest BCUT2D eigenvalue weighted by atomic mass is 35.5. The zero-order valence-electron chi connectivity index (χ0n) is 12.8. The van der Waals surface area contributed by atoms with Gasteiger partial charge in [0.15, 0.2) is 0 Å². The van der Waals surface area contributed by atoms with Crippen molar-refractivity contribution in [1.29, 1.82) is 0 Å². The summed E-state index contributed by atoms with van der Waals surface area (Å²) in [7, 11) is 0. The molecule has 1 N–H and O–H groups in total. The Balaban J connectivity index is 2.17. The first-order valence-electron chi connectivity index (χ1n) is 6.90. The molecule has 1 unspecified atom stereocenters. The first-order valence-corrected chi connectivity index (χ1v) is 7.27. The van der Waals surface area contributed by atoms with Crippen LogP contribution in [0, 0.1) is 18.3 Å². The fourth-order valence-electron chi connectivity index (χ4n) is 2.14. The molecular weight excluding hydrogens is 258 g/mol. The second kappa shape index (κ2) is 4.62. The average molecular weight is 282 g/mol. The molecule has 4 heteroatoms. The van der Waals surface area contributed by atoms with E-state index in [4.69, 9.17) is 11.6 Å². The first-order chi connectivity index (χ1) is 8.61. The summed E-state index contributed by atoms with van der Waals surface area (Å²) >= 11 is 6.22. The zero-order chi connectivity index (χ0) is 14.4. The van der Waals surface area contributed by atoms with Crippen LogP contribution in [0.25, 0.3) is 0 Å². The molecule has 1 aromatic heterocycles. The molecule has 1 aromatic rings. The van der Waals surface area contributed by atoms with Gasteiger partial charge in [-0.25, -0.2) is 9.97 Å². The van der Waals surface area contributed by atoms with Crippen LogP contribution < -0.4 is 5.32 Å². The summed E-state index contributed by atoms with van der Waals surface area (Å²) in [6.45, 7) is 13.8. The molecule has 1 heterocycles. The maximum Gasteiger partial charge on any atom is 0.137 e. The lowest BCUT2D eigenvalue weighted by Crippen LogP contribution is -2.19. The minimum absolute atomic E-state index is 0.0907.